The van der Waals surface area contributed by atoms with Crippen LogP contribution in [0.1, 0.15) is 38.9 Å². The minimum absolute atomic E-state index is 1.01. The molecule has 3 aromatic rings. The van der Waals surface area contributed by atoms with Crippen LogP contribution >= 0.6 is 0 Å². The topological polar surface area (TPSA) is 0 Å². The third-order valence-electron chi connectivity index (χ3n) is 4.86. The molecule has 23 heavy (non-hydrogen) atoms. The fourth-order valence-corrected chi connectivity index (χ4v) is 3.12. The molecule has 0 heteroatoms. The van der Waals surface area contributed by atoms with Crippen LogP contribution in [0.4, 0.5) is 0 Å². The first-order valence-electron chi connectivity index (χ1n) is 8.31. The van der Waals surface area contributed by atoms with Gasteiger partial charge in [0.2, 0.25) is 0 Å². The monoisotopic (exact) mass is 300 g/mol. The van der Waals surface area contributed by atoms with E-state index in [1.165, 1.54) is 38.9 Å². The standard InChI is InChI=1S/C23H24/c1-17-10-8-14-21(19(17)3)16-23-13-7-6-12-22(23)15-20-11-5-4-9-18(20)2/h4-14H,15-16H2,1-3H3. The summed E-state index contributed by atoms with van der Waals surface area (Å²) in [4.78, 5) is 0. The normalized spacial score (nSPS) is 10.7. The van der Waals surface area contributed by atoms with E-state index in [9.17, 15) is 0 Å². The fourth-order valence-electron chi connectivity index (χ4n) is 3.12. The van der Waals surface area contributed by atoms with Crippen molar-refractivity contribution in [1.82, 2.24) is 0 Å². The Morgan fingerprint density at radius 2 is 0.957 bits per heavy atom. The van der Waals surface area contributed by atoms with Gasteiger partial charge in [-0.25, -0.2) is 0 Å². The van der Waals surface area contributed by atoms with E-state index < -0.39 is 0 Å². The highest BCUT2D eigenvalue weighted by molar-refractivity contribution is 5.41. The maximum Gasteiger partial charge on any atom is -0.00202 e. The molecular formula is C23H24. The molecule has 3 rings (SSSR count). The smallest absolute Gasteiger partial charge is 0.00202 e. The summed E-state index contributed by atoms with van der Waals surface area (Å²) in [5.41, 5.74) is 9.88. The Morgan fingerprint density at radius 1 is 0.478 bits per heavy atom. The van der Waals surface area contributed by atoms with Crippen LogP contribution in [0.2, 0.25) is 0 Å². The van der Waals surface area contributed by atoms with Crippen molar-refractivity contribution < 1.29 is 0 Å². The molecule has 0 aromatic heterocycles. The third kappa shape index (κ3) is 3.53. The predicted octanol–water partition coefficient (Wildman–Crippen LogP) is 5.79. The Kier molecular flexibility index (Phi) is 4.62. The van der Waals surface area contributed by atoms with Gasteiger partial charge in [0.05, 0.1) is 0 Å². The molecule has 0 aliphatic heterocycles. The van der Waals surface area contributed by atoms with Crippen LogP contribution in [-0.2, 0) is 12.8 Å². The van der Waals surface area contributed by atoms with Crippen LogP contribution in [0.3, 0.4) is 0 Å². The number of benzene rings is 3. The van der Waals surface area contributed by atoms with Crippen LogP contribution in [0.15, 0.2) is 66.7 Å². The highest BCUT2D eigenvalue weighted by atomic mass is 14.1. The van der Waals surface area contributed by atoms with Crippen molar-refractivity contribution in [3.63, 3.8) is 0 Å². The van der Waals surface area contributed by atoms with Gasteiger partial charge >= 0.3 is 0 Å². The zero-order valence-corrected chi connectivity index (χ0v) is 14.3. The van der Waals surface area contributed by atoms with E-state index in [-0.39, 0.29) is 0 Å². The Balaban J connectivity index is 1.92. The first-order valence-corrected chi connectivity index (χ1v) is 8.31. The number of rotatable bonds is 4. The summed E-state index contributed by atoms with van der Waals surface area (Å²) in [6.07, 6.45) is 2.02. The van der Waals surface area contributed by atoms with E-state index in [1.54, 1.807) is 0 Å². The lowest BCUT2D eigenvalue weighted by molar-refractivity contribution is 1.06. The van der Waals surface area contributed by atoms with Crippen molar-refractivity contribution in [2.24, 2.45) is 0 Å². The van der Waals surface area contributed by atoms with E-state index >= 15 is 0 Å². The minimum Gasteiger partial charge on any atom is -0.0620 e. The molecule has 0 bridgehead atoms. The van der Waals surface area contributed by atoms with Gasteiger partial charge in [-0.15, -0.1) is 0 Å². The Labute approximate surface area is 139 Å². The molecule has 0 fully saturated rings. The highest BCUT2D eigenvalue weighted by Gasteiger charge is 2.08. The van der Waals surface area contributed by atoms with Crippen LogP contribution in [0.5, 0.6) is 0 Å². The van der Waals surface area contributed by atoms with Gasteiger partial charge in [-0.05, 0) is 72.6 Å². The van der Waals surface area contributed by atoms with Gasteiger partial charge in [-0.2, -0.15) is 0 Å². The van der Waals surface area contributed by atoms with Crippen molar-refractivity contribution in [2.45, 2.75) is 33.6 Å². The van der Waals surface area contributed by atoms with Crippen molar-refractivity contribution in [3.05, 3.63) is 106 Å². The average Bonchev–Trinajstić information content (AvgIpc) is 2.56. The summed E-state index contributed by atoms with van der Waals surface area (Å²) >= 11 is 0. The number of hydrogen-bond donors (Lipinski definition) is 0. The Hall–Kier alpha value is -2.34. The van der Waals surface area contributed by atoms with Crippen molar-refractivity contribution in [2.75, 3.05) is 0 Å². The van der Waals surface area contributed by atoms with Gasteiger partial charge in [0.1, 0.15) is 0 Å². The lowest BCUT2D eigenvalue weighted by atomic mass is 9.91. The van der Waals surface area contributed by atoms with Crippen LogP contribution in [-0.4, -0.2) is 0 Å². The zero-order chi connectivity index (χ0) is 16.2. The quantitative estimate of drug-likeness (QED) is 0.572. The van der Waals surface area contributed by atoms with E-state index in [4.69, 9.17) is 0 Å². The fraction of sp³-hybridized carbons (Fsp3) is 0.217. The average molecular weight is 300 g/mol. The summed E-state index contributed by atoms with van der Waals surface area (Å²) < 4.78 is 0. The first kappa shape index (κ1) is 15.6. The molecule has 3 aromatic carbocycles. The third-order valence-corrected chi connectivity index (χ3v) is 4.86. The predicted molar refractivity (Wildman–Crippen MR) is 99.1 cm³/mol. The summed E-state index contributed by atoms with van der Waals surface area (Å²) in [5.74, 6) is 0. The minimum atomic E-state index is 1.01. The molecule has 0 radical (unpaired) electrons. The van der Waals surface area contributed by atoms with E-state index in [0.717, 1.165) is 12.8 Å². The summed E-state index contributed by atoms with van der Waals surface area (Å²) in [7, 11) is 0. The SMILES string of the molecule is Cc1ccccc1Cc1ccccc1Cc1cccc(C)c1C. The molecular weight excluding hydrogens is 276 g/mol. The molecule has 0 nitrogen and oxygen atoms in total. The first-order chi connectivity index (χ1) is 11.1. The van der Waals surface area contributed by atoms with Gasteiger partial charge < -0.3 is 0 Å². The second-order valence-electron chi connectivity index (χ2n) is 6.41. The summed E-state index contributed by atoms with van der Waals surface area (Å²) in [6, 6.07) is 24.2. The van der Waals surface area contributed by atoms with Crippen molar-refractivity contribution >= 4 is 0 Å². The van der Waals surface area contributed by atoms with Crippen LogP contribution < -0.4 is 0 Å². The van der Waals surface area contributed by atoms with Crippen molar-refractivity contribution in [1.29, 1.82) is 0 Å². The summed E-state index contributed by atoms with van der Waals surface area (Å²) in [6.45, 7) is 6.62. The lowest BCUT2D eigenvalue weighted by Gasteiger charge is -2.13. The molecule has 0 spiro atoms. The van der Waals surface area contributed by atoms with E-state index in [2.05, 4.69) is 87.5 Å². The Bertz CT molecular complexity index is 812. The molecule has 0 atom stereocenters. The van der Waals surface area contributed by atoms with Crippen LogP contribution in [0.25, 0.3) is 0 Å². The zero-order valence-electron chi connectivity index (χ0n) is 14.3. The highest BCUT2D eigenvalue weighted by Crippen LogP contribution is 2.22. The molecule has 0 heterocycles. The molecule has 0 aliphatic carbocycles. The molecule has 116 valence electrons. The van der Waals surface area contributed by atoms with Crippen LogP contribution in [0, 0.1) is 20.8 Å². The van der Waals surface area contributed by atoms with Crippen molar-refractivity contribution in [3.8, 4) is 0 Å². The van der Waals surface area contributed by atoms with Gasteiger partial charge in [-0.1, -0.05) is 66.7 Å². The number of aryl methyl sites for hydroxylation is 2. The molecule has 0 aliphatic rings. The summed E-state index contributed by atoms with van der Waals surface area (Å²) in [5, 5.41) is 0. The Morgan fingerprint density at radius 3 is 1.61 bits per heavy atom. The van der Waals surface area contributed by atoms with Gasteiger partial charge in [-0.3, -0.25) is 0 Å². The van der Waals surface area contributed by atoms with Gasteiger partial charge in [0.15, 0.2) is 0 Å². The second kappa shape index (κ2) is 6.83. The molecule has 0 saturated heterocycles. The maximum atomic E-state index is 2.27. The van der Waals surface area contributed by atoms with E-state index in [1.807, 2.05) is 0 Å². The second-order valence-corrected chi connectivity index (χ2v) is 6.41. The molecule has 0 amide bonds. The molecule has 0 N–H and O–H groups in total. The maximum absolute atomic E-state index is 2.27. The van der Waals surface area contributed by atoms with Gasteiger partial charge in [0, 0.05) is 0 Å². The van der Waals surface area contributed by atoms with Gasteiger partial charge in [0.25, 0.3) is 0 Å². The number of hydrogen-bond acceptors (Lipinski definition) is 0. The molecule has 0 saturated carbocycles. The van der Waals surface area contributed by atoms with E-state index in [0.29, 0.717) is 0 Å². The molecule has 0 unspecified atom stereocenters. The largest absolute Gasteiger partial charge is 0.0620 e. The lowest BCUT2D eigenvalue weighted by Crippen LogP contribution is -2.00.